The van der Waals surface area contributed by atoms with E-state index in [1.54, 1.807) is 6.20 Å². The number of nitriles is 1. The number of hydrogen-bond donors (Lipinski definition) is 1. The van der Waals surface area contributed by atoms with Gasteiger partial charge in [0, 0.05) is 17.1 Å². The molecule has 0 aliphatic carbocycles. The van der Waals surface area contributed by atoms with Crippen molar-refractivity contribution in [1.82, 2.24) is 10.2 Å². The minimum atomic E-state index is 0.465. The number of H-pyrrole nitrogens is 1. The highest BCUT2D eigenvalue weighted by molar-refractivity contribution is 9.08. The Bertz CT molecular complexity index is 235. The van der Waals surface area contributed by atoms with Crippen molar-refractivity contribution in [3.8, 4) is 6.07 Å². The summed E-state index contributed by atoms with van der Waals surface area (Å²) in [5.41, 5.74) is 1.37. The molecule has 1 heterocycles. The summed E-state index contributed by atoms with van der Waals surface area (Å²) in [6.45, 7) is 0. The highest BCUT2D eigenvalue weighted by Crippen LogP contribution is 2.06. The molecule has 1 aromatic heterocycles. The summed E-state index contributed by atoms with van der Waals surface area (Å²) in [6.07, 6.45) is 1.70. The van der Waals surface area contributed by atoms with Crippen molar-refractivity contribution in [2.24, 2.45) is 0 Å². The molecule has 1 N–H and O–H groups in total. The van der Waals surface area contributed by atoms with Crippen LogP contribution in [0.5, 0.6) is 0 Å². The second kappa shape index (κ2) is 2.65. The Morgan fingerprint density at radius 2 is 2.67 bits per heavy atom. The molecule has 46 valence electrons. The monoisotopic (exact) mass is 185 g/mol. The number of nitrogens with one attached hydrogen (secondary N) is 1. The van der Waals surface area contributed by atoms with Gasteiger partial charge in [-0.3, -0.25) is 5.10 Å². The number of halogens is 1. The first-order valence-electron chi connectivity index (χ1n) is 2.37. The molecule has 0 radical (unpaired) electrons. The summed E-state index contributed by atoms with van der Waals surface area (Å²) in [5, 5.41) is 15.3. The normalized spacial score (nSPS) is 8.89. The van der Waals surface area contributed by atoms with Gasteiger partial charge < -0.3 is 0 Å². The van der Waals surface area contributed by atoms with Crippen LogP contribution in [-0.2, 0) is 5.33 Å². The van der Waals surface area contributed by atoms with Gasteiger partial charge in [-0.2, -0.15) is 10.4 Å². The Hall–Kier alpha value is -0.820. The zero-order valence-electron chi connectivity index (χ0n) is 4.56. The molecule has 0 aromatic carbocycles. The van der Waals surface area contributed by atoms with E-state index in [-0.39, 0.29) is 0 Å². The summed E-state index contributed by atoms with van der Waals surface area (Å²) in [4.78, 5) is 0. The van der Waals surface area contributed by atoms with E-state index in [4.69, 9.17) is 5.26 Å². The van der Waals surface area contributed by atoms with E-state index in [1.807, 2.05) is 6.07 Å². The Kier molecular flexibility index (Phi) is 1.85. The van der Waals surface area contributed by atoms with Crippen LogP contribution < -0.4 is 0 Å². The summed E-state index contributed by atoms with van der Waals surface area (Å²) < 4.78 is 0. The molecular weight excluding hydrogens is 182 g/mol. The molecule has 4 heteroatoms. The van der Waals surface area contributed by atoms with Gasteiger partial charge >= 0.3 is 0 Å². The molecule has 0 fully saturated rings. The third-order valence-corrected chi connectivity index (χ3v) is 1.57. The molecule has 0 spiro atoms. The van der Waals surface area contributed by atoms with E-state index in [0.717, 1.165) is 5.56 Å². The highest BCUT2D eigenvalue weighted by atomic mass is 79.9. The maximum absolute atomic E-state index is 8.39. The van der Waals surface area contributed by atoms with Gasteiger partial charge in [0.15, 0.2) is 5.69 Å². The van der Waals surface area contributed by atoms with Crippen LogP contribution in [0.15, 0.2) is 6.20 Å². The number of nitrogens with zero attached hydrogens (tertiary/aromatic N) is 2. The fourth-order valence-electron chi connectivity index (χ4n) is 0.514. The summed E-state index contributed by atoms with van der Waals surface area (Å²) in [6, 6.07) is 1.95. The van der Waals surface area contributed by atoms with E-state index < -0.39 is 0 Å². The molecule has 0 aliphatic rings. The van der Waals surface area contributed by atoms with Crippen LogP contribution in [0.1, 0.15) is 11.3 Å². The maximum atomic E-state index is 8.39. The second-order valence-corrected chi connectivity index (χ2v) is 2.07. The Labute approximate surface area is 60.8 Å². The second-order valence-electron chi connectivity index (χ2n) is 1.50. The van der Waals surface area contributed by atoms with Crippen LogP contribution in [0, 0.1) is 11.3 Å². The van der Waals surface area contributed by atoms with Crippen molar-refractivity contribution in [2.75, 3.05) is 0 Å². The first-order chi connectivity index (χ1) is 4.38. The van der Waals surface area contributed by atoms with Crippen molar-refractivity contribution in [3.05, 3.63) is 17.5 Å². The van der Waals surface area contributed by atoms with Crippen molar-refractivity contribution < 1.29 is 0 Å². The van der Waals surface area contributed by atoms with Gasteiger partial charge in [0.25, 0.3) is 0 Å². The van der Waals surface area contributed by atoms with Gasteiger partial charge in [0.2, 0.25) is 0 Å². The maximum Gasteiger partial charge on any atom is 0.166 e. The fourth-order valence-corrected chi connectivity index (χ4v) is 0.941. The lowest BCUT2D eigenvalue weighted by Gasteiger charge is -1.81. The van der Waals surface area contributed by atoms with Gasteiger partial charge in [-0.1, -0.05) is 15.9 Å². The van der Waals surface area contributed by atoms with Crippen LogP contribution in [-0.4, -0.2) is 10.2 Å². The minimum Gasteiger partial charge on any atom is -0.284 e. The summed E-state index contributed by atoms with van der Waals surface area (Å²) in [5.74, 6) is 0. The average Bonchev–Trinajstić information content (AvgIpc) is 2.33. The van der Waals surface area contributed by atoms with Crippen molar-refractivity contribution in [1.29, 1.82) is 5.26 Å². The largest absolute Gasteiger partial charge is 0.284 e. The van der Waals surface area contributed by atoms with Crippen molar-refractivity contribution >= 4 is 15.9 Å². The van der Waals surface area contributed by atoms with Gasteiger partial charge in [0.05, 0.1) is 0 Å². The van der Waals surface area contributed by atoms with Crippen LogP contribution in [0.3, 0.4) is 0 Å². The molecule has 0 saturated carbocycles. The number of aromatic amines is 1. The number of rotatable bonds is 1. The quantitative estimate of drug-likeness (QED) is 0.669. The van der Waals surface area contributed by atoms with E-state index in [0.29, 0.717) is 11.0 Å². The molecule has 1 rings (SSSR count). The average molecular weight is 186 g/mol. The van der Waals surface area contributed by atoms with E-state index in [2.05, 4.69) is 26.1 Å². The lowest BCUT2D eigenvalue weighted by atomic mass is 10.3. The lowest BCUT2D eigenvalue weighted by Crippen LogP contribution is -1.78. The Morgan fingerprint density at radius 1 is 1.89 bits per heavy atom. The predicted molar refractivity (Wildman–Crippen MR) is 35.9 cm³/mol. The van der Waals surface area contributed by atoms with Crippen LogP contribution in [0.25, 0.3) is 0 Å². The molecule has 0 amide bonds. The molecule has 3 nitrogen and oxygen atoms in total. The van der Waals surface area contributed by atoms with Crippen LogP contribution in [0.2, 0.25) is 0 Å². The highest BCUT2D eigenvalue weighted by Gasteiger charge is 2.00. The van der Waals surface area contributed by atoms with E-state index >= 15 is 0 Å². The van der Waals surface area contributed by atoms with Crippen molar-refractivity contribution in [3.63, 3.8) is 0 Å². The number of aromatic nitrogens is 2. The predicted octanol–water partition coefficient (Wildman–Crippen LogP) is 1.18. The molecule has 9 heavy (non-hydrogen) atoms. The molecule has 0 aliphatic heterocycles. The Balaban J connectivity index is 3.02. The Morgan fingerprint density at radius 3 is 3.11 bits per heavy atom. The van der Waals surface area contributed by atoms with Crippen LogP contribution >= 0.6 is 15.9 Å². The SMILES string of the molecule is N#Cc1n[nH]cc1CBr. The molecule has 0 bridgehead atoms. The van der Waals surface area contributed by atoms with Gasteiger partial charge in [-0.05, 0) is 0 Å². The topological polar surface area (TPSA) is 52.5 Å². The molecule has 0 saturated heterocycles. The molecule has 1 aromatic rings. The van der Waals surface area contributed by atoms with Gasteiger partial charge in [0.1, 0.15) is 6.07 Å². The molecule has 0 atom stereocenters. The molecular formula is C5H4BrN3. The zero-order valence-corrected chi connectivity index (χ0v) is 6.14. The third-order valence-electron chi connectivity index (χ3n) is 0.969. The third kappa shape index (κ3) is 1.11. The van der Waals surface area contributed by atoms with Crippen LogP contribution in [0.4, 0.5) is 0 Å². The number of hydrogen-bond acceptors (Lipinski definition) is 2. The number of alkyl halides is 1. The smallest absolute Gasteiger partial charge is 0.166 e. The first kappa shape index (κ1) is 6.30. The minimum absolute atomic E-state index is 0.465. The summed E-state index contributed by atoms with van der Waals surface area (Å²) >= 11 is 3.22. The lowest BCUT2D eigenvalue weighted by molar-refractivity contribution is 1.07. The van der Waals surface area contributed by atoms with Gasteiger partial charge in [-0.15, -0.1) is 0 Å². The fraction of sp³-hybridized carbons (Fsp3) is 0.200. The molecule has 0 unspecified atom stereocenters. The zero-order chi connectivity index (χ0) is 6.69. The van der Waals surface area contributed by atoms with E-state index in [9.17, 15) is 0 Å². The summed E-state index contributed by atoms with van der Waals surface area (Å²) in [7, 11) is 0. The van der Waals surface area contributed by atoms with E-state index in [1.165, 1.54) is 0 Å². The standard InChI is InChI=1S/C5H4BrN3/c6-1-4-3-8-9-5(4)2-7/h3H,1H2,(H,8,9). The van der Waals surface area contributed by atoms with Crippen molar-refractivity contribution in [2.45, 2.75) is 5.33 Å². The first-order valence-corrected chi connectivity index (χ1v) is 3.49. The van der Waals surface area contributed by atoms with Gasteiger partial charge in [-0.25, -0.2) is 0 Å².